The Morgan fingerprint density at radius 3 is 2.42 bits per heavy atom. The van der Waals surface area contributed by atoms with E-state index < -0.39 is 0 Å². The highest BCUT2D eigenvalue weighted by molar-refractivity contribution is 6.06. The molecule has 4 aromatic rings. The van der Waals surface area contributed by atoms with Crippen molar-refractivity contribution in [3.05, 3.63) is 89.9 Å². The lowest BCUT2D eigenvalue weighted by atomic mass is 9.54. The molecule has 2 aliphatic carbocycles. The van der Waals surface area contributed by atoms with Crippen LogP contribution in [0.3, 0.4) is 0 Å². The van der Waals surface area contributed by atoms with Crippen molar-refractivity contribution in [2.45, 2.75) is 44.7 Å². The SMILES string of the molecule is O=C(NC1CC2(CCC2)C1)c1ccc(F)c2cnn(Cc3ccc(-c4ccccc4)cc3)c12. The topological polar surface area (TPSA) is 46.9 Å². The molecule has 3 aromatic carbocycles. The molecule has 4 nitrogen and oxygen atoms in total. The van der Waals surface area contributed by atoms with Crippen LogP contribution >= 0.6 is 0 Å². The Balaban J connectivity index is 1.25. The van der Waals surface area contributed by atoms with E-state index in [9.17, 15) is 9.18 Å². The number of halogens is 1. The van der Waals surface area contributed by atoms with E-state index in [-0.39, 0.29) is 17.8 Å². The molecule has 2 saturated carbocycles. The molecule has 0 atom stereocenters. The van der Waals surface area contributed by atoms with Crippen molar-refractivity contribution in [1.29, 1.82) is 0 Å². The summed E-state index contributed by atoms with van der Waals surface area (Å²) in [7, 11) is 0. The summed E-state index contributed by atoms with van der Waals surface area (Å²) >= 11 is 0. The molecule has 1 N–H and O–H groups in total. The van der Waals surface area contributed by atoms with Gasteiger partial charge < -0.3 is 5.32 Å². The first-order chi connectivity index (χ1) is 16.1. The Hall–Kier alpha value is -3.47. The maximum absolute atomic E-state index is 14.5. The molecule has 6 rings (SSSR count). The normalized spacial score (nSPS) is 17.0. The number of hydrogen-bond donors (Lipinski definition) is 1. The van der Waals surface area contributed by atoms with Gasteiger partial charge in [0.25, 0.3) is 5.91 Å². The second-order valence-corrected chi connectivity index (χ2v) is 9.65. The number of rotatable bonds is 5. The van der Waals surface area contributed by atoms with Gasteiger partial charge in [0.1, 0.15) is 5.82 Å². The quantitative estimate of drug-likeness (QED) is 0.417. The second kappa shape index (κ2) is 7.84. The zero-order chi connectivity index (χ0) is 22.4. The van der Waals surface area contributed by atoms with Crippen LogP contribution in [0.2, 0.25) is 0 Å². The summed E-state index contributed by atoms with van der Waals surface area (Å²) < 4.78 is 16.3. The third kappa shape index (κ3) is 3.62. The highest BCUT2D eigenvalue weighted by Gasteiger charge is 2.48. The molecule has 1 amide bonds. The minimum absolute atomic E-state index is 0.139. The fraction of sp³-hybridized carbons (Fsp3) is 0.286. The highest BCUT2D eigenvalue weighted by atomic mass is 19.1. The monoisotopic (exact) mass is 439 g/mol. The zero-order valence-electron chi connectivity index (χ0n) is 18.4. The molecule has 166 valence electrons. The van der Waals surface area contributed by atoms with Gasteiger partial charge in [0.2, 0.25) is 0 Å². The van der Waals surface area contributed by atoms with E-state index in [0.29, 0.717) is 28.4 Å². The average molecular weight is 440 g/mol. The molecule has 0 saturated heterocycles. The van der Waals surface area contributed by atoms with Gasteiger partial charge in [0.15, 0.2) is 0 Å². The lowest BCUT2D eigenvalue weighted by molar-refractivity contribution is -0.000604. The summed E-state index contributed by atoms with van der Waals surface area (Å²) in [6.45, 7) is 0.467. The fourth-order valence-corrected chi connectivity index (χ4v) is 5.51. The molecule has 1 heterocycles. The molecule has 0 aliphatic heterocycles. The van der Waals surface area contributed by atoms with Gasteiger partial charge in [-0.05, 0) is 59.9 Å². The lowest BCUT2D eigenvalue weighted by Gasteiger charge is -2.54. The molecule has 0 bridgehead atoms. The smallest absolute Gasteiger partial charge is 0.253 e. The summed E-state index contributed by atoms with van der Waals surface area (Å²) in [5, 5.41) is 7.98. The average Bonchev–Trinajstić information content (AvgIpc) is 3.20. The van der Waals surface area contributed by atoms with Gasteiger partial charge >= 0.3 is 0 Å². The summed E-state index contributed by atoms with van der Waals surface area (Å²) in [5.41, 5.74) is 4.87. The van der Waals surface area contributed by atoms with E-state index in [1.54, 1.807) is 10.7 Å². The van der Waals surface area contributed by atoms with Crippen LogP contribution in [-0.2, 0) is 6.54 Å². The standard InChI is InChI=1S/C28H26FN3O/c29-25-12-11-23(27(33)31-22-15-28(16-22)13-4-14-28)26-24(25)17-30-32(26)18-19-7-9-21(10-8-19)20-5-2-1-3-6-20/h1-3,5-12,17,22H,4,13-16,18H2,(H,31,33). The third-order valence-electron chi connectivity index (χ3n) is 7.49. The van der Waals surface area contributed by atoms with Crippen molar-refractivity contribution in [3.8, 4) is 11.1 Å². The maximum atomic E-state index is 14.5. The van der Waals surface area contributed by atoms with Crippen molar-refractivity contribution in [1.82, 2.24) is 15.1 Å². The first-order valence-corrected chi connectivity index (χ1v) is 11.7. The Morgan fingerprint density at radius 2 is 1.73 bits per heavy atom. The number of nitrogens with one attached hydrogen (secondary N) is 1. The molecule has 2 aliphatic rings. The van der Waals surface area contributed by atoms with Crippen LogP contribution in [0.1, 0.15) is 48.0 Å². The molecule has 2 fully saturated rings. The van der Waals surface area contributed by atoms with Crippen LogP contribution in [0.15, 0.2) is 72.9 Å². The summed E-state index contributed by atoms with van der Waals surface area (Å²) in [6, 6.07) is 21.7. The van der Waals surface area contributed by atoms with Crippen LogP contribution in [0.4, 0.5) is 4.39 Å². The van der Waals surface area contributed by atoms with Gasteiger partial charge in [-0.15, -0.1) is 0 Å². The first-order valence-electron chi connectivity index (χ1n) is 11.7. The Morgan fingerprint density at radius 1 is 1.00 bits per heavy atom. The van der Waals surface area contributed by atoms with E-state index in [4.69, 9.17) is 0 Å². The molecule has 0 radical (unpaired) electrons. The number of fused-ring (bicyclic) bond motifs is 1. The largest absolute Gasteiger partial charge is 0.349 e. The highest BCUT2D eigenvalue weighted by Crippen LogP contribution is 2.55. The number of carbonyl (C=O) groups is 1. The van der Waals surface area contributed by atoms with Crippen LogP contribution in [0.5, 0.6) is 0 Å². The molecule has 0 unspecified atom stereocenters. The van der Waals surface area contributed by atoms with E-state index in [1.807, 2.05) is 18.2 Å². The summed E-state index contributed by atoms with van der Waals surface area (Å²) in [5.74, 6) is -0.496. The van der Waals surface area contributed by atoms with E-state index >= 15 is 0 Å². The van der Waals surface area contributed by atoms with Crippen LogP contribution in [-0.4, -0.2) is 21.7 Å². The number of hydrogen-bond acceptors (Lipinski definition) is 2. The Kier molecular flexibility index (Phi) is 4.79. The lowest BCUT2D eigenvalue weighted by Crippen LogP contribution is -2.53. The van der Waals surface area contributed by atoms with Crippen LogP contribution < -0.4 is 5.32 Å². The van der Waals surface area contributed by atoms with Crippen LogP contribution in [0.25, 0.3) is 22.0 Å². The number of carbonyl (C=O) groups excluding carboxylic acids is 1. The number of amides is 1. The molecule has 33 heavy (non-hydrogen) atoms. The fourth-order valence-electron chi connectivity index (χ4n) is 5.51. The maximum Gasteiger partial charge on any atom is 0.253 e. The number of aromatic nitrogens is 2. The van der Waals surface area contributed by atoms with Crippen molar-refractivity contribution >= 4 is 16.8 Å². The third-order valence-corrected chi connectivity index (χ3v) is 7.49. The second-order valence-electron chi connectivity index (χ2n) is 9.65. The predicted octanol–water partition coefficient (Wildman–Crippen LogP) is 5.95. The molecule has 5 heteroatoms. The summed E-state index contributed by atoms with van der Waals surface area (Å²) in [4.78, 5) is 13.1. The van der Waals surface area contributed by atoms with Gasteiger partial charge in [0.05, 0.1) is 29.2 Å². The Bertz CT molecular complexity index is 1310. The van der Waals surface area contributed by atoms with E-state index in [2.05, 4.69) is 46.8 Å². The van der Waals surface area contributed by atoms with E-state index in [0.717, 1.165) is 29.5 Å². The number of benzene rings is 3. The Labute approximate surface area is 192 Å². The van der Waals surface area contributed by atoms with Crippen molar-refractivity contribution in [2.24, 2.45) is 5.41 Å². The van der Waals surface area contributed by atoms with Crippen molar-refractivity contribution < 1.29 is 9.18 Å². The molecular weight excluding hydrogens is 413 g/mol. The van der Waals surface area contributed by atoms with Gasteiger partial charge in [-0.3, -0.25) is 9.48 Å². The van der Waals surface area contributed by atoms with Gasteiger partial charge in [0, 0.05) is 6.04 Å². The molecule has 1 aromatic heterocycles. The van der Waals surface area contributed by atoms with Gasteiger partial charge in [-0.2, -0.15) is 5.10 Å². The minimum atomic E-state index is -0.357. The van der Waals surface area contributed by atoms with Crippen LogP contribution in [0, 0.1) is 11.2 Å². The first kappa shape index (κ1) is 20.2. The van der Waals surface area contributed by atoms with Crippen molar-refractivity contribution in [3.63, 3.8) is 0 Å². The predicted molar refractivity (Wildman–Crippen MR) is 127 cm³/mol. The van der Waals surface area contributed by atoms with Gasteiger partial charge in [-0.25, -0.2) is 4.39 Å². The zero-order valence-corrected chi connectivity index (χ0v) is 18.4. The summed E-state index contributed by atoms with van der Waals surface area (Å²) in [6.07, 6.45) is 7.54. The molecular formula is C28H26FN3O. The molecule has 1 spiro atoms. The number of nitrogens with zero attached hydrogens (tertiary/aromatic N) is 2. The minimum Gasteiger partial charge on any atom is -0.349 e. The van der Waals surface area contributed by atoms with Crippen molar-refractivity contribution in [2.75, 3.05) is 0 Å². The van der Waals surface area contributed by atoms with E-state index in [1.165, 1.54) is 31.5 Å². The van der Waals surface area contributed by atoms with Gasteiger partial charge in [-0.1, -0.05) is 61.0 Å².